The van der Waals surface area contributed by atoms with E-state index in [1.807, 2.05) is 13.0 Å². The highest BCUT2D eigenvalue weighted by Crippen LogP contribution is 2.30. The van der Waals surface area contributed by atoms with Gasteiger partial charge in [-0.2, -0.15) is 5.26 Å². The smallest absolute Gasteiger partial charge is 0.177 e. The van der Waals surface area contributed by atoms with Crippen LogP contribution in [-0.2, 0) is 16.4 Å². The molecule has 9 nitrogen and oxygen atoms in total. The lowest BCUT2D eigenvalue weighted by atomic mass is 10.2. The van der Waals surface area contributed by atoms with E-state index < -0.39 is 15.9 Å². The second kappa shape index (κ2) is 8.48. The number of nitriles is 1. The molecule has 0 aliphatic heterocycles. The molecule has 168 valence electrons. The van der Waals surface area contributed by atoms with E-state index >= 15 is 0 Å². The molecule has 4 aromatic rings. The molecule has 33 heavy (non-hydrogen) atoms. The molecule has 11 heteroatoms. The van der Waals surface area contributed by atoms with E-state index in [0.717, 1.165) is 11.8 Å². The highest BCUT2D eigenvalue weighted by atomic mass is 32.2. The predicted octanol–water partition coefficient (Wildman–Crippen LogP) is 3.04. The second-order valence-corrected chi connectivity index (χ2v) is 9.52. The van der Waals surface area contributed by atoms with Gasteiger partial charge in [0.15, 0.2) is 9.84 Å². The molecule has 2 heterocycles. The van der Waals surface area contributed by atoms with Crippen LogP contribution in [0.4, 0.5) is 16.0 Å². The van der Waals surface area contributed by atoms with Crippen LogP contribution in [-0.4, -0.2) is 34.2 Å². The monoisotopic (exact) mass is 465 g/mol. The number of nitrogens with zero attached hydrogens (tertiary/aromatic N) is 5. The first-order valence-electron chi connectivity index (χ1n) is 9.89. The Balaban J connectivity index is 1.88. The molecule has 0 fully saturated rings. The summed E-state index contributed by atoms with van der Waals surface area (Å²) in [5.41, 5.74) is 7.58. The van der Waals surface area contributed by atoms with Crippen molar-refractivity contribution in [3.8, 4) is 6.07 Å². The molecule has 0 amide bonds. The van der Waals surface area contributed by atoms with Crippen LogP contribution in [0.1, 0.15) is 29.9 Å². The van der Waals surface area contributed by atoms with Crippen LogP contribution in [0.3, 0.4) is 0 Å². The molecule has 0 saturated heterocycles. The number of imidazole rings is 1. The number of rotatable bonds is 6. The first kappa shape index (κ1) is 22.2. The Labute approximate surface area is 189 Å². The third-order valence-corrected chi connectivity index (χ3v) is 6.27. The van der Waals surface area contributed by atoms with Gasteiger partial charge in [-0.3, -0.25) is 0 Å². The average molecular weight is 466 g/mol. The lowest BCUT2D eigenvalue weighted by Crippen LogP contribution is -2.17. The summed E-state index contributed by atoms with van der Waals surface area (Å²) in [6, 6.07) is 12.3. The minimum atomic E-state index is -3.56. The summed E-state index contributed by atoms with van der Waals surface area (Å²) in [6.45, 7) is 2.06. The standard InChI is InChI=1S/C22H20FN7O2S/c1-13(28-21-16(10-24)20(25)26-12-27-21)22-29-17-4-3-5-18(33(2,31)32)19(17)30(22)11-14-6-8-15(23)9-7-14/h3-9,12-13H,11H2,1-2H3,(H3,25,26,27,28)/t13-/m0/s1. The fourth-order valence-corrected chi connectivity index (χ4v) is 4.51. The lowest BCUT2D eigenvalue weighted by Gasteiger charge is -2.18. The van der Waals surface area contributed by atoms with E-state index in [-0.39, 0.29) is 34.5 Å². The fraction of sp³-hybridized carbons (Fsp3) is 0.182. The molecule has 0 aliphatic carbocycles. The molecule has 0 aliphatic rings. The zero-order valence-corrected chi connectivity index (χ0v) is 18.6. The van der Waals surface area contributed by atoms with Gasteiger partial charge in [0.2, 0.25) is 0 Å². The van der Waals surface area contributed by atoms with Gasteiger partial charge in [0.05, 0.1) is 22.0 Å². The number of hydrogen-bond donors (Lipinski definition) is 2. The van der Waals surface area contributed by atoms with Gasteiger partial charge < -0.3 is 15.6 Å². The summed E-state index contributed by atoms with van der Waals surface area (Å²) in [5.74, 6) is 0.417. The molecule has 0 unspecified atom stereocenters. The van der Waals surface area contributed by atoms with Crippen LogP contribution in [0, 0.1) is 17.1 Å². The number of sulfone groups is 1. The molecule has 0 saturated carbocycles. The van der Waals surface area contributed by atoms with Gasteiger partial charge in [-0.1, -0.05) is 18.2 Å². The number of nitrogen functional groups attached to an aromatic ring is 1. The van der Waals surface area contributed by atoms with Crippen LogP contribution >= 0.6 is 0 Å². The molecule has 3 N–H and O–H groups in total. The molecular formula is C22H20FN7O2S. The number of benzene rings is 2. The predicted molar refractivity (Wildman–Crippen MR) is 122 cm³/mol. The Morgan fingerprint density at radius 3 is 2.61 bits per heavy atom. The number of hydrogen-bond acceptors (Lipinski definition) is 8. The van der Waals surface area contributed by atoms with Crippen molar-refractivity contribution in [3.05, 3.63) is 71.6 Å². The largest absolute Gasteiger partial charge is 0.382 e. The molecule has 0 radical (unpaired) electrons. The summed E-state index contributed by atoms with van der Waals surface area (Å²) >= 11 is 0. The van der Waals surface area contributed by atoms with Gasteiger partial charge in [0.25, 0.3) is 0 Å². The Bertz CT molecular complexity index is 1490. The number of para-hydroxylation sites is 1. The van der Waals surface area contributed by atoms with E-state index in [0.29, 0.717) is 16.9 Å². The summed E-state index contributed by atoms with van der Waals surface area (Å²) in [4.78, 5) is 12.8. The zero-order chi connectivity index (χ0) is 23.8. The Morgan fingerprint density at radius 2 is 1.94 bits per heavy atom. The second-order valence-electron chi connectivity index (χ2n) is 7.54. The van der Waals surface area contributed by atoms with Crippen molar-refractivity contribution in [2.75, 3.05) is 17.3 Å². The zero-order valence-electron chi connectivity index (χ0n) is 17.8. The van der Waals surface area contributed by atoms with Crippen molar-refractivity contribution in [1.82, 2.24) is 19.5 Å². The van der Waals surface area contributed by atoms with Gasteiger partial charge >= 0.3 is 0 Å². The molecule has 1 atom stereocenters. The highest BCUT2D eigenvalue weighted by molar-refractivity contribution is 7.91. The van der Waals surface area contributed by atoms with Crippen molar-refractivity contribution in [2.45, 2.75) is 24.4 Å². The van der Waals surface area contributed by atoms with Crippen LogP contribution in [0.15, 0.2) is 53.7 Å². The van der Waals surface area contributed by atoms with E-state index in [9.17, 15) is 18.1 Å². The molecule has 4 rings (SSSR count). The van der Waals surface area contributed by atoms with E-state index in [1.165, 1.54) is 24.5 Å². The third-order valence-electron chi connectivity index (χ3n) is 5.14. The fourth-order valence-electron chi connectivity index (χ4n) is 3.62. The third kappa shape index (κ3) is 4.33. The number of fused-ring (bicyclic) bond motifs is 1. The van der Waals surface area contributed by atoms with Crippen LogP contribution in [0.5, 0.6) is 0 Å². The van der Waals surface area contributed by atoms with Crippen molar-refractivity contribution < 1.29 is 12.8 Å². The van der Waals surface area contributed by atoms with Crippen molar-refractivity contribution in [3.63, 3.8) is 0 Å². The first-order valence-corrected chi connectivity index (χ1v) is 11.8. The number of halogens is 1. The van der Waals surface area contributed by atoms with E-state index in [4.69, 9.17) is 5.73 Å². The number of nitrogens with two attached hydrogens (primary N) is 1. The summed E-state index contributed by atoms with van der Waals surface area (Å²) < 4.78 is 40.2. The van der Waals surface area contributed by atoms with Crippen LogP contribution in [0.2, 0.25) is 0 Å². The maximum atomic E-state index is 13.4. The molecule has 2 aromatic heterocycles. The van der Waals surface area contributed by atoms with Crippen molar-refractivity contribution >= 4 is 32.5 Å². The Hall–Kier alpha value is -4.04. The van der Waals surface area contributed by atoms with Gasteiger partial charge in [-0.25, -0.2) is 27.8 Å². The van der Waals surface area contributed by atoms with Gasteiger partial charge in [0.1, 0.15) is 41.2 Å². The topological polar surface area (TPSA) is 140 Å². The van der Waals surface area contributed by atoms with Crippen LogP contribution in [0.25, 0.3) is 11.0 Å². The van der Waals surface area contributed by atoms with E-state index in [2.05, 4.69) is 20.3 Å². The lowest BCUT2D eigenvalue weighted by molar-refractivity contribution is 0.601. The molecule has 0 bridgehead atoms. The Kier molecular flexibility index (Phi) is 5.69. The van der Waals surface area contributed by atoms with Gasteiger partial charge in [-0.15, -0.1) is 0 Å². The first-order chi connectivity index (χ1) is 15.7. The summed E-state index contributed by atoms with van der Waals surface area (Å²) in [6.07, 6.45) is 2.38. The highest BCUT2D eigenvalue weighted by Gasteiger charge is 2.23. The van der Waals surface area contributed by atoms with Crippen LogP contribution < -0.4 is 11.1 Å². The van der Waals surface area contributed by atoms with Gasteiger partial charge in [0, 0.05) is 12.8 Å². The van der Waals surface area contributed by atoms with Crippen molar-refractivity contribution in [1.29, 1.82) is 5.26 Å². The van der Waals surface area contributed by atoms with E-state index in [1.54, 1.807) is 28.8 Å². The maximum Gasteiger partial charge on any atom is 0.177 e. The summed E-state index contributed by atoms with van der Waals surface area (Å²) in [7, 11) is -3.56. The maximum absolute atomic E-state index is 13.4. The van der Waals surface area contributed by atoms with Crippen molar-refractivity contribution in [2.24, 2.45) is 0 Å². The minimum Gasteiger partial charge on any atom is -0.382 e. The molecular weight excluding hydrogens is 445 g/mol. The van der Waals surface area contributed by atoms with Gasteiger partial charge in [-0.05, 0) is 36.8 Å². The number of aromatic nitrogens is 4. The number of nitrogens with one attached hydrogen (secondary N) is 1. The molecule has 0 spiro atoms. The average Bonchev–Trinajstić information content (AvgIpc) is 3.13. The summed E-state index contributed by atoms with van der Waals surface area (Å²) in [5, 5.41) is 12.6. The minimum absolute atomic E-state index is 0.0429. The molecule has 2 aromatic carbocycles. The normalized spacial score (nSPS) is 12.4. The Morgan fingerprint density at radius 1 is 1.21 bits per heavy atom. The SMILES string of the molecule is C[C@H](Nc1ncnc(N)c1C#N)c1nc2cccc(S(C)(=O)=O)c2n1Cc1ccc(F)cc1. The number of anilines is 2. The quantitative estimate of drug-likeness (QED) is 0.443.